The third-order valence-electron chi connectivity index (χ3n) is 6.66. The molecule has 6 rings (SSSR count). The zero-order valence-corrected chi connectivity index (χ0v) is 25.3. The summed E-state index contributed by atoms with van der Waals surface area (Å²) in [6, 6.07) is 28.7. The van der Waals surface area contributed by atoms with Crippen molar-refractivity contribution in [3.05, 3.63) is 118 Å². The molecule has 0 N–H and O–H groups in total. The van der Waals surface area contributed by atoms with Crippen LogP contribution in [0, 0.1) is 0 Å². The Balaban J connectivity index is 0.000000176. The van der Waals surface area contributed by atoms with E-state index in [4.69, 9.17) is 0 Å². The van der Waals surface area contributed by atoms with Crippen LogP contribution in [0.4, 0.5) is 0 Å². The minimum atomic E-state index is -1.02. The molecule has 0 amide bonds. The average molecular weight is 579 g/mol. The summed E-state index contributed by atoms with van der Waals surface area (Å²) in [4.78, 5) is 26.4. The van der Waals surface area contributed by atoms with Crippen molar-refractivity contribution in [2.75, 3.05) is 0 Å². The van der Waals surface area contributed by atoms with Crippen molar-refractivity contribution in [1.82, 2.24) is 0 Å². The van der Waals surface area contributed by atoms with Crippen LogP contribution in [-0.4, -0.2) is 49.7 Å². The third-order valence-corrected chi connectivity index (χ3v) is 9.13. The Morgan fingerprint density at radius 2 is 0.897 bits per heavy atom. The number of hydrogen-bond acceptors (Lipinski definition) is 6. The van der Waals surface area contributed by atoms with Crippen molar-refractivity contribution in [2.24, 2.45) is 0 Å². The number of aliphatic carboxylic acids is 2. The predicted molar refractivity (Wildman–Crippen MR) is 152 cm³/mol. The Labute approximate surface area is 267 Å². The summed E-state index contributed by atoms with van der Waals surface area (Å²) >= 11 is 3.54. The van der Waals surface area contributed by atoms with E-state index in [1.54, 1.807) is 23.5 Å². The summed E-state index contributed by atoms with van der Waals surface area (Å²) in [5.41, 5.74) is 6.85. The maximum absolute atomic E-state index is 10.7. The summed E-state index contributed by atoms with van der Waals surface area (Å²) < 4.78 is 0. The fourth-order valence-corrected chi connectivity index (χ4v) is 7.03. The Bertz CT molecular complexity index is 1390. The van der Waals surface area contributed by atoms with Crippen LogP contribution in [0.25, 0.3) is 0 Å². The second-order valence-electron chi connectivity index (χ2n) is 9.40. The number of carbonyl (C=O) groups is 2. The summed E-state index contributed by atoms with van der Waals surface area (Å²) in [5.74, 6) is -2.05. The second-order valence-corrected chi connectivity index (χ2v) is 11.6. The van der Waals surface area contributed by atoms with Gasteiger partial charge in [0.1, 0.15) is 0 Å². The molecule has 4 aromatic rings. The van der Waals surface area contributed by atoms with E-state index >= 15 is 0 Å². The van der Waals surface area contributed by atoms with Gasteiger partial charge in [0.2, 0.25) is 0 Å². The molecule has 0 bridgehead atoms. The van der Waals surface area contributed by atoms with Gasteiger partial charge in [-0.15, -0.1) is 0 Å². The van der Waals surface area contributed by atoms with Gasteiger partial charge in [0.05, 0.1) is 0 Å². The van der Waals surface area contributed by atoms with E-state index in [0.29, 0.717) is 0 Å². The number of carbonyl (C=O) groups excluding carboxylic acids is 2. The van der Waals surface area contributed by atoms with Crippen molar-refractivity contribution in [2.45, 2.75) is 58.1 Å². The van der Waals surface area contributed by atoms with Crippen molar-refractivity contribution in [1.29, 1.82) is 0 Å². The van der Waals surface area contributed by atoms with Gasteiger partial charge in [-0.3, -0.25) is 0 Å². The Morgan fingerprint density at radius 1 is 0.538 bits per heavy atom. The zero-order chi connectivity index (χ0) is 26.5. The summed E-state index contributed by atoms with van der Waals surface area (Å²) in [6.07, 6.45) is 3.91. The van der Waals surface area contributed by atoms with Crippen LogP contribution >= 0.6 is 23.5 Å². The van der Waals surface area contributed by atoms with Gasteiger partial charge in [0, 0.05) is 44.4 Å². The molecule has 4 aromatic carbocycles. The second kappa shape index (κ2) is 13.9. The number of rotatable bonds is 4. The van der Waals surface area contributed by atoms with Crippen molar-refractivity contribution in [3.63, 3.8) is 0 Å². The summed E-state index contributed by atoms with van der Waals surface area (Å²) in [6.45, 7) is 0. The van der Waals surface area contributed by atoms with Crippen molar-refractivity contribution >= 4 is 73.2 Å². The van der Waals surface area contributed by atoms with Gasteiger partial charge in [-0.1, -0.05) is 84.2 Å². The Hall–Kier alpha value is -2.22. The van der Waals surface area contributed by atoms with E-state index in [0.717, 1.165) is 36.8 Å². The number of carboxylic acids is 2. The van der Waals surface area contributed by atoms with E-state index in [9.17, 15) is 19.8 Å². The number of hydrogen-bond donors (Lipinski definition) is 0. The van der Waals surface area contributed by atoms with Crippen LogP contribution in [0.1, 0.15) is 33.4 Å². The van der Waals surface area contributed by atoms with Crippen LogP contribution < -0.4 is 10.2 Å². The van der Waals surface area contributed by atoms with Gasteiger partial charge in [-0.2, -0.15) is 0 Å². The number of carboxylic acid groups (broad SMARTS) is 2. The topological polar surface area (TPSA) is 80.3 Å². The molecule has 0 atom stereocenters. The molecule has 4 nitrogen and oxygen atoms in total. The maximum Gasteiger partial charge on any atom is 2.00 e. The number of aryl methyl sites for hydroxylation is 4. The van der Waals surface area contributed by atoms with E-state index in [1.165, 1.54) is 41.8 Å². The number of benzene rings is 4. The molecule has 0 aliphatic carbocycles. The van der Waals surface area contributed by atoms with Crippen LogP contribution in [0.15, 0.2) is 105 Å². The third kappa shape index (κ3) is 7.92. The first-order valence-electron chi connectivity index (χ1n) is 12.6. The van der Waals surface area contributed by atoms with E-state index < -0.39 is 11.9 Å². The van der Waals surface area contributed by atoms with Crippen LogP contribution in [0.2, 0.25) is 0 Å². The molecule has 192 valence electrons. The number of fused-ring (bicyclic) bond motifs is 4. The molecule has 0 radical (unpaired) electrons. The zero-order valence-electron chi connectivity index (χ0n) is 21.5. The van der Waals surface area contributed by atoms with Crippen LogP contribution in [0.3, 0.4) is 0 Å². The molecule has 2 heterocycles. The summed E-state index contributed by atoms with van der Waals surface area (Å²) in [7, 11) is 0. The van der Waals surface area contributed by atoms with Gasteiger partial charge in [0.25, 0.3) is 0 Å². The van der Waals surface area contributed by atoms with Gasteiger partial charge < -0.3 is 19.8 Å². The minimum Gasteiger partial charge on any atom is -0.550 e. The van der Waals surface area contributed by atoms with Gasteiger partial charge in [-0.25, -0.2) is 0 Å². The molecule has 0 fully saturated rings. The quantitative estimate of drug-likeness (QED) is 0.340. The minimum absolute atomic E-state index is 0. The molecule has 7 heteroatoms. The first-order valence-corrected chi connectivity index (χ1v) is 14.2. The molecule has 0 unspecified atom stereocenters. The van der Waals surface area contributed by atoms with Crippen LogP contribution in [0.5, 0.6) is 0 Å². The monoisotopic (exact) mass is 578 g/mol. The Morgan fingerprint density at radius 3 is 1.31 bits per heavy atom. The molecule has 0 saturated heterocycles. The average Bonchev–Trinajstić information content (AvgIpc) is 3.20. The SMILES string of the molecule is O=C([O-])Cc1ccc2c(c1)CCc1ccccc1S2.O=C([O-])Cc1ccc2c(c1)CCc1ccccc1S2.[Ca+2]. The maximum atomic E-state index is 10.7. The van der Waals surface area contributed by atoms with Crippen molar-refractivity contribution in [3.8, 4) is 0 Å². The van der Waals surface area contributed by atoms with E-state index in [2.05, 4.69) is 48.5 Å². The first kappa shape index (κ1) is 29.8. The van der Waals surface area contributed by atoms with Gasteiger partial charge >= 0.3 is 37.7 Å². The van der Waals surface area contributed by atoms with E-state index in [-0.39, 0.29) is 50.6 Å². The fourth-order valence-electron chi connectivity index (χ4n) is 4.80. The molecule has 0 aromatic heterocycles. The molecular weight excluding hydrogens is 553 g/mol. The predicted octanol–water partition coefficient (Wildman–Crippen LogP) is 4.08. The first-order chi connectivity index (χ1) is 18.4. The van der Waals surface area contributed by atoms with Gasteiger partial charge in [-0.05, 0) is 83.3 Å². The molecule has 2 aliphatic rings. The largest absolute Gasteiger partial charge is 2.00 e. The Kier molecular flexibility index (Phi) is 10.6. The molecular formula is C32H26CaO4S2. The van der Waals surface area contributed by atoms with Crippen LogP contribution in [-0.2, 0) is 48.1 Å². The fraction of sp³-hybridized carbons (Fsp3) is 0.188. The smallest absolute Gasteiger partial charge is 0.550 e. The summed E-state index contributed by atoms with van der Waals surface area (Å²) in [5, 5.41) is 21.3. The van der Waals surface area contributed by atoms with Crippen molar-refractivity contribution < 1.29 is 19.8 Å². The standard InChI is InChI=1S/2C16H14O2S.Ca/c2*17-16(18)10-11-5-8-15-13(9-11)7-6-12-3-1-2-4-14(12)19-15;/h2*1-5,8-9H,6-7,10H2,(H,17,18);/q;;+2/p-2. The molecule has 0 saturated carbocycles. The normalized spacial score (nSPS) is 12.9. The van der Waals surface area contributed by atoms with Gasteiger partial charge in [0.15, 0.2) is 0 Å². The molecule has 2 aliphatic heterocycles. The molecule has 0 spiro atoms. The molecule has 39 heavy (non-hydrogen) atoms. The van der Waals surface area contributed by atoms with E-state index in [1.807, 2.05) is 36.4 Å².